The highest BCUT2D eigenvalue weighted by Gasteiger charge is 2.04. The third-order valence-electron chi connectivity index (χ3n) is 2.74. The van der Waals surface area contributed by atoms with Crippen molar-refractivity contribution in [3.63, 3.8) is 0 Å². The standard InChI is InChI=1S/C14H15NO2/c15-14(9-16)12-3-1-10(2-4-12)11-5-7-13(17)8-6-11/h1-8,14,16-17H,9,15H2. The minimum Gasteiger partial charge on any atom is -0.508 e. The molecule has 0 aliphatic heterocycles. The van der Waals surface area contributed by atoms with Crippen LogP contribution in [0.4, 0.5) is 0 Å². The molecule has 0 saturated carbocycles. The Morgan fingerprint density at radius 1 is 0.882 bits per heavy atom. The lowest BCUT2D eigenvalue weighted by Gasteiger charge is -2.09. The van der Waals surface area contributed by atoms with E-state index in [1.165, 1.54) is 0 Å². The SMILES string of the molecule is NC(CO)c1ccc(-c2ccc(O)cc2)cc1. The average molecular weight is 229 g/mol. The molecule has 0 radical (unpaired) electrons. The first-order chi connectivity index (χ1) is 8.20. The first-order valence-corrected chi connectivity index (χ1v) is 5.46. The van der Waals surface area contributed by atoms with E-state index in [4.69, 9.17) is 10.8 Å². The van der Waals surface area contributed by atoms with Crippen molar-refractivity contribution >= 4 is 0 Å². The number of aliphatic hydroxyl groups excluding tert-OH is 1. The summed E-state index contributed by atoms with van der Waals surface area (Å²) in [7, 11) is 0. The van der Waals surface area contributed by atoms with Crippen LogP contribution in [0.1, 0.15) is 11.6 Å². The van der Waals surface area contributed by atoms with E-state index in [0.717, 1.165) is 16.7 Å². The summed E-state index contributed by atoms with van der Waals surface area (Å²) < 4.78 is 0. The Labute approximate surface area is 100 Å². The van der Waals surface area contributed by atoms with Crippen molar-refractivity contribution in [3.8, 4) is 16.9 Å². The number of phenols is 1. The van der Waals surface area contributed by atoms with Gasteiger partial charge in [0.1, 0.15) is 5.75 Å². The predicted molar refractivity (Wildman–Crippen MR) is 67.6 cm³/mol. The van der Waals surface area contributed by atoms with Crippen LogP contribution in [0.3, 0.4) is 0 Å². The summed E-state index contributed by atoms with van der Waals surface area (Å²) in [6.07, 6.45) is 0. The maximum atomic E-state index is 9.21. The zero-order valence-corrected chi connectivity index (χ0v) is 9.38. The van der Waals surface area contributed by atoms with E-state index in [1.807, 2.05) is 36.4 Å². The van der Waals surface area contributed by atoms with Crippen LogP contribution in [0.25, 0.3) is 11.1 Å². The van der Waals surface area contributed by atoms with E-state index in [2.05, 4.69) is 0 Å². The second-order valence-corrected chi connectivity index (χ2v) is 3.96. The maximum absolute atomic E-state index is 9.21. The fourth-order valence-electron chi connectivity index (χ4n) is 1.68. The molecule has 4 N–H and O–H groups in total. The molecule has 0 bridgehead atoms. The molecule has 0 fully saturated rings. The van der Waals surface area contributed by atoms with Crippen LogP contribution in [0.2, 0.25) is 0 Å². The van der Waals surface area contributed by atoms with E-state index >= 15 is 0 Å². The molecular weight excluding hydrogens is 214 g/mol. The Morgan fingerprint density at radius 3 is 1.82 bits per heavy atom. The van der Waals surface area contributed by atoms with Crippen molar-refractivity contribution in [1.82, 2.24) is 0 Å². The number of nitrogens with two attached hydrogens (primary N) is 1. The Balaban J connectivity index is 2.26. The summed E-state index contributed by atoms with van der Waals surface area (Å²) in [6, 6.07) is 14.4. The van der Waals surface area contributed by atoms with Crippen molar-refractivity contribution < 1.29 is 10.2 Å². The molecule has 1 unspecified atom stereocenters. The van der Waals surface area contributed by atoms with Crippen molar-refractivity contribution in [3.05, 3.63) is 54.1 Å². The quantitative estimate of drug-likeness (QED) is 0.754. The summed E-state index contributed by atoms with van der Waals surface area (Å²) >= 11 is 0. The lowest BCUT2D eigenvalue weighted by Crippen LogP contribution is -2.14. The van der Waals surface area contributed by atoms with Crippen molar-refractivity contribution in [2.75, 3.05) is 6.61 Å². The van der Waals surface area contributed by atoms with Gasteiger partial charge in [-0.3, -0.25) is 0 Å². The van der Waals surface area contributed by atoms with Gasteiger partial charge in [0.25, 0.3) is 0 Å². The van der Waals surface area contributed by atoms with E-state index in [9.17, 15) is 5.11 Å². The summed E-state index contributed by atoms with van der Waals surface area (Å²) in [6.45, 7) is -0.0570. The highest BCUT2D eigenvalue weighted by atomic mass is 16.3. The fourth-order valence-corrected chi connectivity index (χ4v) is 1.68. The molecule has 0 saturated heterocycles. The third kappa shape index (κ3) is 2.64. The molecular formula is C14H15NO2. The smallest absolute Gasteiger partial charge is 0.115 e. The monoisotopic (exact) mass is 229 g/mol. The van der Waals surface area contributed by atoms with Gasteiger partial charge in [-0.2, -0.15) is 0 Å². The second-order valence-electron chi connectivity index (χ2n) is 3.96. The summed E-state index contributed by atoms with van der Waals surface area (Å²) in [4.78, 5) is 0. The molecule has 0 aromatic heterocycles. The number of benzene rings is 2. The Hall–Kier alpha value is -1.84. The average Bonchev–Trinajstić information content (AvgIpc) is 2.39. The first-order valence-electron chi connectivity index (χ1n) is 5.46. The van der Waals surface area contributed by atoms with Crippen LogP contribution in [0, 0.1) is 0 Å². The van der Waals surface area contributed by atoms with E-state index < -0.39 is 0 Å². The van der Waals surface area contributed by atoms with Crippen LogP contribution < -0.4 is 5.73 Å². The lowest BCUT2D eigenvalue weighted by molar-refractivity contribution is 0.268. The Morgan fingerprint density at radius 2 is 1.35 bits per heavy atom. The Bertz CT molecular complexity index is 477. The number of hydrogen-bond donors (Lipinski definition) is 3. The topological polar surface area (TPSA) is 66.5 Å². The largest absolute Gasteiger partial charge is 0.508 e. The molecule has 2 rings (SSSR count). The molecule has 0 heterocycles. The van der Waals surface area contributed by atoms with Gasteiger partial charge in [0.2, 0.25) is 0 Å². The number of aromatic hydroxyl groups is 1. The van der Waals surface area contributed by atoms with Crippen molar-refractivity contribution in [2.24, 2.45) is 5.73 Å². The van der Waals surface area contributed by atoms with Gasteiger partial charge in [-0.1, -0.05) is 36.4 Å². The minimum atomic E-state index is -0.330. The molecule has 3 nitrogen and oxygen atoms in total. The van der Waals surface area contributed by atoms with E-state index in [-0.39, 0.29) is 18.4 Å². The van der Waals surface area contributed by atoms with Crippen LogP contribution in [0.15, 0.2) is 48.5 Å². The lowest BCUT2D eigenvalue weighted by atomic mass is 10.0. The summed E-state index contributed by atoms with van der Waals surface area (Å²) in [5.74, 6) is 0.257. The van der Waals surface area contributed by atoms with Gasteiger partial charge in [-0.25, -0.2) is 0 Å². The van der Waals surface area contributed by atoms with Gasteiger partial charge in [0.15, 0.2) is 0 Å². The summed E-state index contributed by atoms with van der Waals surface area (Å²) in [5, 5.41) is 18.2. The number of hydrogen-bond acceptors (Lipinski definition) is 3. The second kappa shape index (κ2) is 4.99. The molecule has 17 heavy (non-hydrogen) atoms. The van der Waals surface area contributed by atoms with Crippen molar-refractivity contribution in [2.45, 2.75) is 6.04 Å². The van der Waals surface area contributed by atoms with Gasteiger partial charge >= 0.3 is 0 Å². The molecule has 0 spiro atoms. The third-order valence-corrected chi connectivity index (χ3v) is 2.74. The first kappa shape index (κ1) is 11.6. The summed E-state index contributed by atoms with van der Waals surface area (Å²) in [5.41, 5.74) is 8.72. The van der Waals surface area contributed by atoms with E-state index in [1.54, 1.807) is 12.1 Å². The minimum absolute atomic E-state index is 0.0570. The van der Waals surface area contributed by atoms with Gasteiger partial charge in [-0.15, -0.1) is 0 Å². The zero-order chi connectivity index (χ0) is 12.3. The molecule has 3 heteroatoms. The zero-order valence-electron chi connectivity index (χ0n) is 9.38. The van der Waals surface area contributed by atoms with Crippen LogP contribution in [-0.2, 0) is 0 Å². The highest BCUT2D eigenvalue weighted by Crippen LogP contribution is 2.23. The fraction of sp³-hybridized carbons (Fsp3) is 0.143. The number of rotatable bonds is 3. The molecule has 2 aromatic carbocycles. The maximum Gasteiger partial charge on any atom is 0.115 e. The predicted octanol–water partition coefficient (Wildman–Crippen LogP) is 2.05. The molecule has 2 aromatic rings. The van der Waals surface area contributed by atoms with Crippen LogP contribution in [-0.4, -0.2) is 16.8 Å². The van der Waals surface area contributed by atoms with Gasteiger partial charge < -0.3 is 15.9 Å². The van der Waals surface area contributed by atoms with Crippen molar-refractivity contribution in [1.29, 1.82) is 0 Å². The molecule has 0 amide bonds. The van der Waals surface area contributed by atoms with Gasteiger partial charge in [0, 0.05) is 0 Å². The molecule has 0 aliphatic rings. The molecule has 0 aliphatic carbocycles. The normalized spacial score (nSPS) is 12.4. The van der Waals surface area contributed by atoms with Gasteiger partial charge in [0.05, 0.1) is 12.6 Å². The van der Waals surface area contributed by atoms with Crippen LogP contribution in [0.5, 0.6) is 5.75 Å². The number of aliphatic hydroxyl groups is 1. The van der Waals surface area contributed by atoms with Gasteiger partial charge in [-0.05, 0) is 28.8 Å². The molecule has 1 atom stereocenters. The highest BCUT2D eigenvalue weighted by molar-refractivity contribution is 5.64. The molecule has 88 valence electrons. The van der Waals surface area contributed by atoms with E-state index in [0.29, 0.717) is 0 Å². The Kier molecular flexibility index (Phi) is 3.42. The number of phenolic OH excluding ortho intramolecular Hbond substituents is 1. The van der Waals surface area contributed by atoms with Crippen LogP contribution >= 0.6 is 0 Å².